The van der Waals surface area contributed by atoms with Crippen molar-refractivity contribution in [3.8, 4) is 17.6 Å². The zero-order valence-electron chi connectivity index (χ0n) is 11.5. The third-order valence-electron chi connectivity index (χ3n) is 3.00. The molecular weight excluding hydrogens is 252 g/mol. The number of anilines is 1. The molecule has 0 saturated heterocycles. The van der Waals surface area contributed by atoms with E-state index in [1.54, 1.807) is 14.2 Å². The fourth-order valence-corrected chi connectivity index (χ4v) is 1.93. The van der Waals surface area contributed by atoms with Gasteiger partial charge in [-0.2, -0.15) is 5.26 Å². The molecule has 102 valence electrons. The van der Waals surface area contributed by atoms with Gasteiger partial charge in [0.25, 0.3) is 0 Å². The summed E-state index contributed by atoms with van der Waals surface area (Å²) in [5.41, 5.74) is 2.56. The molecule has 2 aromatic rings. The summed E-state index contributed by atoms with van der Waals surface area (Å²) in [6, 6.07) is 15.3. The van der Waals surface area contributed by atoms with E-state index in [4.69, 9.17) is 14.7 Å². The van der Waals surface area contributed by atoms with Gasteiger partial charge in [-0.05, 0) is 23.8 Å². The van der Waals surface area contributed by atoms with E-state index in [0.29, 0.717) is 23.6 Å². The van der Waals surface area contributed by atoms with Crippen molar-refractivity contribution < 1.29 is 9.47 Å². The topological polar surface area (TPSA) is 54.3 Å². The summed E-state index contributed by atoms with van der Waals surface area (Å²) in [4.78, 5) is 0. The van der Waals surface area contributed by atoms with Gasteiger partial charge in [0.15, 0.2) is 11.5 Å². The SMILES string of the molecule is COc1ccc(NCc2ccccc2C#N)cc1OC. The molecule has 1 N–H and O–H groups in total. The van der Waals surface area contributed by atoms with Gasteiger partial charge in [-0.1, -0.05) is 18.2 Å². The van der Waals surface area contributed by atoms with E-state index >= 15 is 0 Å². The van der Waals surface area contributed by atoms with Gasteiger partial charge in [-0.25, -0.2) is 0 Å². The Morgan fingerprint density at radius 2 is 1.80 bits per heavy atom. The smallest absolute Gasteiger partial charge is 0.162 e. The van der Waals surface area contributed by atoms with Crippen LogP contribution in [-0.4, -0.2) is 14.2 Å². The lowest BCUT2D eigenvalue weighted by molar-refractivity contribution is 0.355. The summed E-state index contributed by atoms with van der Waals surface area (Å²) >= 11 is 0. The van der Waals surface area contributed by atoms with Crippen LogP contribution in [0.2, 0.25) is 0 Å². The summed E-state index contributed by atoms with van der Waals surface area (Å²) in [5.74, 6) is 1.36. The first-order chi connectivity index (χ1) is 9.78. The Bertz CT molecular complexity index is 633. The summed E-state index contributed by atoms with van der Waals surface area (Å²) in [6.07, 6.45) is 0. The second kappa shape index (κ2) is 6.48. The lowest BCUT2D eigenvalue weighted by atomic mass is 10.1. The Morgan fingerprint density at radius 1 is 1.05 bits per heavy atom. The third-order valence-corrected chi connectivity index (χ3v) is 3.00. The Hall–Kier alpha value is -2.67. The van der Waals surface area contributed by atoms with Crippen molar-refractivity contribution in [2.75, 3.05) is 19.5 Å². The fourth-order valence-electron chi connectivity index (χ4n) is 1.93. The van der Waals surface area contributed by atoms with Crippen molar-refractivity contribution in [1.29, 1.82) is 5.26 Å². The monoisotopic (exact) mass is 268 g/mol. The lowest BCUT2D eigenvalue weighted by Crippen LogP contribution is -2.02. The molecule has 0 aliphatic carbocycles. The van der Waals surface area contributed by atoms with Gasteiger partial charge in [-0.3, -0.25) is 0 Å². The van der Waals surface area contributed by atoms with Crippen LogP contribution in [0.4, 0.5) is 5.69 Å². The highest BCUT2D eigenvalue weighted by atomic mass is 16.5. The molecule has 0 aliphatic heterocycles. The van der Waals surface area contributed by atoms with Crippen LogP contribution in [0.1, 0.15) is 11.1 Å². The Balaban J connectivity index is 2.13. The third kappa shape index (κ3) is 3.01. The number of methoxy groups -OCH3 is 2. The summed E-state index contributed by atoms with van der Waals surface area (Å²) < 4.78 is 10.5. The van der Waals surface area contributed by atoms with Crippen LogP contribution < -0.4 is 14.8 Å². The maximum atomic E-state index is 9.05. The number of benzene rings is 2. The van der Waals surface area contributed by atoms with Crippen LogP contribution in [0, 0.1) is 11.3 Å². The predicted octanol–water partition coefficient (Wildman–Crippen LogP) is 3.19. The van der Waals surface area contributed by atoms with Crippen LogP contribution in [0.3, 0.4) is 0 Å². The van der Waals surface area contributed by atoms with Gasteiger partial charge in [0.1, 0.15) is 0 Å². The van der Waals surface area contributed by atoms with E-state index in [1.807, 2.05) is 42.5 Å². The van der Waals surface area contributed by atoms with Crippen LogP contribution in [0.15, 0.2) is 42.5 Å². The lowest BCUT2D eigenvalue weighted by Gasteiger charge is -2.11. The fraction of sp³-hybridized carbons (Fsp3) is 0.188. The molecule has 0 spiro atoms. The molecule has 4 nitrogen and oxygen atoms in total. The average Bonchev–Trinajstić information content (AvgIpc) is 2.52. The van der Waals surface area contributed by atoms with Crippen LogP contribution in [-0.2, 0) is 6.54 Å². The van der Waals surface area contributed by atoms with E-state index < -0.39 is 0 Å². The molecule has 0 amide bonds. The predicted molar refractivity (Wildman–Crippen MR) is 78.0 cm³/mol. The molecule has 0 unspecified atom stereocenters. The molecule has 0 aromatic heterocycles. The minimum atomic E-state index is 0.583. The molecule has 0 saturated carbocycles. The van der Waals surface area contributed by atoms with E-state index in [9.17, 15) is 0 Å². The van der Waals surface area contributed by atoms with E-state index in [0.717, 1.165) is 11.3 Å². The highest BCUT2D eigenvalue weighted by molar-refractivity contribution is 5.55. The zero-order chi connectivity index (χ0) is 14.4. The number of rotatable bonds is 5. The normalized spacial score (nSPS) is 9.65. The molecule has 4 heteroatoms. The number of nitrogens with zero attached hydrogens (tertiary/aromatic N) is 1. The Kier molecular flexibility index (Phi) is 4.46. The van der Waals surface area contributed by atoms with Gasteiger partial charge in [-0.15, -0.1) is 0 Å². The quantitative estimate of drug-likeness (QED) is 0.904. The van der Waals surface area contributed by atoms with Gasteiger partial charge in [0.2, 0.25) is 0 Å². The molecule has 0 heterocycles. The Labute approximate surface area is 118 Å². The highest BCUT2D eigenvalue weighted by Gasteiger charge is 2.05. The molecule has 0 fully saturated rings. The molecule has 0 bridgehead atoms. The van der Waals surface area contributed by atoms with Crippen molar-refractivity contribution in [2.45, 2.75) is 6.54 Å². The maximum absolute atomic E-state index is 9.05. The largest absolute Gasteiger partial charge is 0.493 e. The molecule has 2 rings (SSSR count). The van der Waals surface area contributed by atoms with Gasteiger partial charge >= 0.3 is 0 Å². The molecule has 20 heavy (non-hydrogen) atoms. The minimum Gasteiger partial charge on any atom is -0.493 e. The van der Waals surface area contributed by atoms with Crippen molar-refractivity contribution in [3.05, 3.63) is 53.6 Å². The van der Waals surface area contributed by atoms with E-state index in [1.165, 1.54) is 0 Å². The number of nitrogens with one attached hydrogen (secondary N) is 1. The number of hydrogen-bond donors (Lipinski definition) is 1. The Morgan fingerprint density at radius 3 is 2.50 bits per heavy atom. The standard InChI is InChI=1S/C16H16N2O2/c1-19-15-8-7-14(9-16(15)20-2)18-11-13-6-4-3-5-12(13)10-17/h3-9,18H,11H2,1-2H3. The number of nitriles is 1. The summed E-state index contributed by atoms with van der Waals surface area (Å²) in [5, 5.41) is 12.3. The molecule has 0 atom stereocenters. The molecule has 2 aromatic carbocycles. The van der Waals surface area contributed by atoms with E-state index in [2.05, 4.69) is 11.4 Å². The van der Waals surface area contributed by atoms with Gasteiger partial charge < -0.3 is 14.8 Å². The van der Waals surface area contributed by atoms with Gasteiger partial charge in [0, 0.05) is 18.3 Å². The van der Waals surface area contributed by atoms with Crippen molar-refractivity contribution in [3.63, 3.8) is 0 Å². The highest BCUT2D eigenvalue weighted by Crippen LogP contribution is 2.29. The van der Waals surface area contributed by atoms with Crippen molar-refractivity contribution in [2.24, 2.45) is 0 Å². The molecular formula is C16H16N2O2. The van der Waals surface area contributed by atoms with Crippen LogP contribution in [0.5, 0.6) is 11.5 Å². The first-order valence-electron chi connectivity index (χ1n) is 6.22. The van der Waals surface area contributed by atoms with Crippen molar-refractivity contribution in [1.82, 2.24) is 0 Å². The van der Waals surface area contributed by atoms with Gasteiger partial charge in [0.05, 0.1) is 25.9 Å². The molecule has 0 aliphatic rings. The number of hydrogen-bond acceptors (Lipinski definition) is 4. The second-order valence-corrected chi connectivity index (χ2v) is 4.19. The van der Waals surface area contributed by atoms with Crippen LogP contribution in [0.25, 0.3) is 0 Å². The second-order valence-electron chi connectivity index (χ2n) is 4.19. The number of ether oxygens (including phenoxy) is 2. The average molecular weight is 268 g/mol. The first kappa shape index (κ1) is 13.8. The van der Waals surface area contributed by atoms with Crippen molar-refractivity contribution >= 4 is 5.69 Å². The summed E-state index contributed by atoms with van der Waals surface area (Å²) in [7, 11) is 3.21. The van der Waals surface area contributed by atoms with Crippen LogP contribution >= 0.6 is 0 Å². The van der Waals surface area contributed by atoms with E-state index in [-0.39, 0.29) is 0 Å². The zero-order valence-corrected chi connectivity index (χ0v) is 11.5. The maximum Gasteiger partial charge on any atom is 0.162 e. The summed E-state index contributed by atoms with van der Waals surface area (Å²) in [6.45, 7) is 0.583. The first-order valence-corrected chi connectivity index (χ1v) is 6.22. The minimum absolute atomic E-state index is 0.583. The molecule has 0 radical (unpaired) electrons.